The van der Waals surface area contributed by atoms with Gasteiger partial charge in [0.15, 0.2) is 0 Å². The average molecular weight is 311 g/mol. The molecule has 0 saturated heterocycles. The van der Waals surface area contributed by atoms with E-state index in [0.717, 1.165) is 16.1 Å². The molecule has 100 valence electrons. The topological polar surface area (TPSA) is 9.23 Å². The van der Waals surface area contributed by atoms with E-state index < -0.39 is 0 Å². The van der Waals surface area contributed by atoms with Crippen LogP contribution in [0.2, 0.25) is 0 Å². The quantitative estimate of drug-likeness (QED) is 0.714. The van der Waals surface area contributed by atoms with E-state index in [2.05, 4.69) is 48.0 Å². The number of hydrogen-bond acceptors (Lipinski definition) is 1. The molecule has 0 aliphatic heterocycles. The fourth-order valence-corrected chi connectivity index (χ4v) is 3.19. The minimum absolute atomic E-state index is 0.422. The fourth-order valence-electron chi connectivity index (χ4n) is 2.84. The predicted octanol–water partition coefficient (Wildman–Crippen LogP) is 5.50. The molecule has 1 saturated carbocycles. The van der Waals surface area contributed by atoms with Gasteiger partial charge in [-0.1, -0.05) is 41.8 Å². The van der Waals surface area contributed by atoms with Gasteiger partial charge in [0.05, 0.1) is 6.10 Å². The fraction of sp³-hybridized carbons (Fsp3) is 0.625. The van der Waals surface area contributed by atoms with Crippen molar-refractivity contribution in [3.8, 4) is 5.75 Å². The van der Waals surface area contributed by atoms with Gasteiger partial charge in [-0.25, -0.2) is 0 Å². The normalized spacial score (nSPS) is 23.9. The van der Waals surface area contributed by atoms with Crippen LogP contribution in [0.1, 0.15) is 51.0 Å². The molecule has 1 fully saturated rings. The summed E-state index contributed by atoms with van der Waals surface area (Å²) >= 11 is 3.56. The van der Waals surface area contributed by atoms with Gasteiger partial charge in [-0.05, 0) is 50.7 Å². The van der Waals surface area contributed by atoms with Crippen molar-refractivity contribution in [1.82, 2.24) is 0 Å². The van der Waals surface area contributed by atoms with Crippen molar-refractivity contribution in [2.75, 3.05) is 0 Å². The second-order valence-electron chi connectivity index (χ2n) is 5.41. The summed E-state index contributed by atoms with van der Waals surface area (Å²) < 4.78 is 7.30. The van der Waals surface area contributed by atoms with E-state index in [1.165, 1.54) is 44.1 Å². The average Bonchev–Trinajstić information content (AvgIpc) is 2.38. The van der Waals surface area contributed by atoms with E-state index in [1.807, 2.05) is 0 Å². The van der Waals surface area contributed by atoms with Crippen molar-refractivity contribution in [2.45, 2.75) is 58.5 Å². The number of rotatable bonds is 4. The molecule has 1 aliphatic rings. The largest absolute Gasteiger partial charge is 0.490 e. The van der Waals surface area contributed by atoms with Crippen LogP contribution in [0.4, 0.5) is 0 Å². The van der Waals surface area contributed by atoms with Crippen molar-refractivity contribution in [3.63, 3.8) is 0 Å². The molecule has 18 heavy (non-hydrogen) atoms. The lowest BCUT2D eigenvalue weighted by atomic mass is 9.85. The Morgan fingerprint density at radius 3 is 2.61 bits per heavy atom. The highest BCUT2D eigenvalue weighted by Gasteiger charge is 2.22. The maximum absolute atomic E-state index is 6.16. The molecule has 0 aromatic heterocycles. The molecule has 1 nitrogen and oxygen atoms in total. The number of hydrogen-bond donors (Lipinski definition) is 0. The van der Waals surface area contributed by atoms with Crippen molar-refractivity contribution in [2.24, 2.45) is 5.92 Å². The molecule has 2 rings (SSSR count). The van der Waals surface area contributed by atoms with E-state index in [-0.39, 0.29) is 0 Å². The molecule has 1 aromatic carbocycles. The summed E-state index contributed by atoms with van der Waals surface area (Å²) in [7, 11) is 0. The standard InChI is InChI=1S/C16H23BrO/c1-3-5-13-8-10-14(11-9-13)18-16-7-4-6-15(17)12(16)2/h4,6-7,13-14H,3,5,8-11H2,1-2H3. The first-order valence-corrected chi connectivity index (χ1v) is 7.91. The minimum Gasteiger partial charge on any atom is -0.490 e. The van der Waals surface area contributed by atoms with Crippen LogP contribution in [0.25, 0.3) is 0 Å². The van der Waals surface area contributed by atoms with Crippen molar-refractivity contribution >= 4 is 15.9 Å². The Hall–Kier alpha value is -0.500. The third-order valence-corrected chi connectivity index (χ3v) is 4.86. The van der Waals surface area contributed by atoms with E-state index >= 15 is 0 Å². The third-order valence-electron chi connectivity index (χ3n) is 4.00. The number of benzene rings is 1. The van der Waals surface area contributed by atoms with Crippen molar-refractivity contribution < 1.29 is 4.74 Å². The van der Waals surface area contributed by atoms with E-state index in [1.54, 1.807) is 0 Å². The number of halogens is 1. The second-order valence-corrected chi connectivity index (χ2v) is 6.27. The van der Waals surface area contributed by atoms with Crippen LogP contribution in [0.3, 0.4) is 0 Å². The molecule has 1 aromatic rings. The Labute approximate surface area is 119 Å². The summed E-state index contributed by atoms with van der Waals surface area (Å²) in [6, 6.07) is 6.20. The molecule has 0 amide bonds. The molecule has 0 radical (unpaired) electrons. The van der Waals surface area contributed by atoms with Gasteiger partial charge in [0, 0.05) is 10.0 Å². The number of ether oxygens (including phenoxy) is 1. The molecule has 1 aliphatic carbocycles. The Balaban J connectivity index is 1.90. The SMILES string of the molecule is CCCC1CCC(Oc2cccc(Br)c2C)CC1. The summed E-state index contributed by atoms with van der Waals surface area (Å²) in [5.74, 6) is 1.99. The van der Waals surface area contributed by atoms with Gasteiger partial charge in [-0.2, -0.15) is 0 Å². The van der Waals surface area contributed by atoms with Crippen LogP contribution in [0.15, 0.2) is 22.7 Å². The zero-order valence-electron chi connectivity index (χ0n) is 11.4. The van der Waals surface area contributed by atoms with Crippen LogP contribution in [-0.2, 0) is 0 Å². The predicted molar refractivity (Wildman–Crippen MR) is 80.2 cm³/mol. The molecule has 0 bridgehead atoms. The lowest BCUT2D eigenvalue weighted by Crippen LogP contribution is -2.24. The lowest BCUT2D eigenvalue weighted by molar-refractivity contribution is 0.127. The third kappa shape index (κ3) is 3.50. The van der Waals surface area contributed by atoms with Crippen LogP contribution in [0.5, 0.6) is 5.75 Å². The molecule has 0 heterocycles. The van der Waals surface area contributed by atoms with E-state index in [0.29, 0.717) is 6.10 Å². The zero-order valence-corrected chi connectivity index (χ0v) is 13.0. The summed E-state index contributed by atoms with van der Waals surface area (Å²) in [6.45, 7) is 4.40. The van der Waals surface area contributed by atoms with E-state index in [9.17, 15) is 0 Å². The van der Waals surface area contributed by atoms with Crippen LogP contribution in [-0.4, -0.2) is 6.10 Å². The van der Waals surface area contributed by atoms with Crippen LogP contribution < -0.4 is 4.74 Å². The smallest absolute Gasteiger partial charge is 0.123 e. The molecule has 0 atom stereocenters. The molecule has 0 N–H and O–H groups in total. The Morgan fingerprint density at radius 1 is 1.22 bits per heavy atom. The van der Waals surface area contributed by atoms with Gasteiger partial charge in [0.25, 0.3) is 0 Å². The van der Waals surface area contributed by atoms with Crippen LogP contribution in [0, 0.1) is 12.8 Å². The summed E-state index contributed by atoms with van der Waals surface area (Å²) in [4.78, 5) is 0. The first-order chi connectivity index (χ1) is 8.70. The molecule has 0 spiro atoms. The van der Waals surface area contributed by atoms with E-state index in [4.69, 9.17) is 4.74 Å². The Kier molecular flexibility index (Phi) is 5.11. The first kappa shape index (κ1) is 13.9. The van der Waals surface area contributed by atoms with Crippen molar-refractivity contribution in [3.05, 3.63) is 28.2 Å². The molecule has 0 unspecified atom stereocenters. The maximum Gasteiger partial charge on any atom is 0.123 e. The molecule has 2 heteroatoms. The van der Waals surface area contributed by atoms with Crippen molar-refractivity contribution in [1.29, 1.82) is 0 Å². The maximum atomic E-state index is 6.16. The monoisotopic (exact) mass is 310 g/mol. The highest BCUT2D eigenvalue weighted by molar-refractivity contribution is 9.10. The summed E-state index contributed by atoms with van der Waals surface area (Å²) in [5.41, 5.74) is 1.22. The molecular weight excluding hydrogens is 288 g/mol. The van der Waals surface area contributed by atoms with Gasteiger partial charge < -0.3 is 4.74 Å². The minimum atomic E-state index is 0.422. The van der Waals surface area contributed by atoms with Gasteiger partial charge in [0.1, 0.15) is 5.75 Å². The highest BCUT2D eigenvalue weighted by Crippen LogP contribution is 2.32. The zero-order chi connectivity index (χ0) is 13.0. The first-order valence-electron chi connectivity index (χ1n) is 7.12. The van der Waals surface area contributed by atoms with Gasteiger partial charge in [-0.3, -0.25) is 0 Å². The summed E-state index contributed by atoms with van der Waals surface area (Å²) in [5, 5.41) is 0. The van der Waals surface area contributed by atoms with Crippen LogP contribution >= 0.6 is 15.9 Å². The summed E-state index contributed by atoms with van der Waals surface area (Å²) in [6.07, 6.45) is 8.25. The second kappa shape index (κ2) is 6.60. The Bertz CT molecular complexity index is 381. The van der Waals surface area contributed by atoms with Gasteiger partial charge >= 0.3 is 0 Å². The lowest BCUT2D eigenvalue weighted by Gasteiger charge is -2.29. The highest BCUT2D eigenvalue weighted by atomic mass is 79.9. The van der Waals surface area contributed by atoms with Gasteiger partial charge in [-0.15, -0.1) is 0 Å². The Morgan fingerprint density at radius 2 is 1.94 bits per heavy atom. The van der Waals surface area contributed by atoms with Gasteiger partial charge in [0.2, 0.25) is 0 Å². The molecular formula is C16H23BrO.